The summed E-state index contributed by atoms with van der Waals surface area (Å²) in [5.41, 5.74) is 5.26. The monoisotopic (exact) mass is 328 g/mol. The van der Waals surface area contributed by atoms with Gasteiger partial charge in [0.15, 0.2) is 0 Å². The highest BCUT2D eigenvalue weighted by atomic mass is 35.5. The maximum atomic E-state index is 10.8. The van der Waals surface area contributed by atoms with Gasteiger partial charge in [0.05, 0.1) is 18.2 Å². The zero-order chi connectivity index (χ0) is 15.5. The molecule has 0 radical (unpaired) electrons. The molecular weight excluding hydrogens is 308 g/mol. The summed E-state index contributed by atoms with van der Waals surface area (Å²) >= 11 is 0. The van der Waals surface area contributed by atoms with Gasteiger partial charge in [-0.2, -0.15) is 0 Å². The van der Waals surface area contributed by atoms with Crippen LogP contribution in [0.5, 0.6) is 0 Å². The number of imidazole rings is 1. The smallest absolute Gasteiger partial charge is 0.121 e. The maximum absolute atomic E-state index is 10.8. The first-order chi connectivity index (χ1) is 10.7. The van der Waals surface area contributed by atoms with Crippen LogP contribution in [0.1, 0.15) is 34.1 Å². The van der Waals surface area contributed by atoms with Gasteiger partial charge in [-0.1, -0.05) is 48.5 Å². The van der Waals surface area contributed by atoms with Gasteiger partial charge in [0.2, 0.25) is 0 Å². The number of rotatable bonds is 4. The Morgan fingerprint density at radius 3 is 2.52 bits per heavy atom. The molecule has 3 aromatic rings. The summed E-state index contributed by atoms with van der Waals surface area (Å²) in [5.74, 6) is 0. The minimum absolute atomic E-state index is 0. The molecule has 3 rings (SSSR count). The molecule has 4 heteroatoms. The van der Waals surface area contributed by atoms with Crippen LogP contribution in [0.4, 0.5) is 0 Å². The Morgan fingerprint density at radius 1 is 1.04 bits per heavy atom. The lowest BCUT2D eigenvalue weighted by Crippen LogP contribution is -2.10. The Bertz CT molecular complexity index is 768. The molecule has 0 bridgehead atoms. The summed E-state index contributed by atoms with van der Waals surface area (Å²) in [6.07, 6.45) is 2.86. The average molecular weight is 329 g/mol. The third-order valence-electron chi connectivity index (χ3n) is 4.16. The number of aliphatic hydroxyl groups excluding tert-OH is 1. The fraction of sp³-hybridized carbons (Fsp3) is 0.211. The van der Waals surface area contributed by atoms with Crippen LogP contribution >= 0.6 is 12.4 Å². The molecule has 1 aromatic heterocycles. The van der Waals surface area contributed by atoms with E-state index in [-0.39, 0.29) is 12.4 Å². The quantitative estimate of drug-likeness (QED) is 0.784. The third-order valence-corrected chi connectivity index (χ3v) is 4.16. The largest absolute Gasteiger partial charge is 0.382 e. The van der Waals surface area contributed by atoms with Gasteiger partial charge >= 0.3 is 0 Å². The lowest BCUT2D eigenvalue weighted by Gasteiger charge is -2.17. The van der Waals surface area contributed by atoms with E-state index < -0.39 is 6.10 Å². The van der Waals surface area contributed by atoms with Gasteiger partial charge in [-0.25, -0.2) is 4.98 Å². The van der Waals surface area contributed by atoms with Crippen LogP contribution in [-0.4, -0.2) is 14.7 Å². The topological polar surface area (TPSA) is 38.1 Å². The van der Waals surface area contributed by atoms with E-state index in [4.69, 9.17) is 0 Å². The van der Waals surface area contributed by atoms with E-state index in [0.717, 1.165) is 16.8 Å². The van der Waals surface area contributed by atoms with Crippen LogP contribution in [0.25, 0.3) is 0 Å². The van der Waals surface area contributed by atoms with E-state index in [9.17, 15) is 5.11 Å². The highest BCUT2D eigenvalue weighted by Gasteiger charge is 2.17. The van der Waals surface area contributed by atoms with Gasteiger partial charge in [-0.3, -0.25) is 0 Å². The molecule has 0 aliphatic rings. The van der Waals surface area contributed by atoms with Crippen LogP contribution in [0.2, 0.25) is 0 Å². The molecule has 0 spiro atoms. The van der Waals surface area contributed by atoms with Crippen LogP contribution in [0.3, 0.4) is 0 Å². The number of hydrogen-bond donors (Lipinski definition) is 1. The minimum Gasteiger partial charge on any atom is -0.382 e. The highest BCUT2D eigenvalue weighted by Crippen LogP contribution is 2.26. The van der Waals surface area contributed by atoms with Crippen molar-refractivity contribution < 1.29 is 5.11 Å². The lowest BCUT2D eigenvalue weighted by atomic mass is 9.97. The number of aliphatic hydroxyl groups is 1. The fourth-order valence-electron chi connectivity index (χ4n) is 2.70. The average Bonchev–Trinajstić information content (AvgIpc) is 2.98. The van der Waals surface area contributed by atoms with Crippen molar-refractivity contribution in [3.05, 3.63) is 89.0 Å². The normalized spacial score (nSPS) is 11.8. The summed E-state index contributed by atoms with van der Waals surface area (Å²) < 4.78 is 2.00. The Morgan fingerprint density at radius 2 is 1.78 bits per heavy atom. The molecule has 0 amide bonds. The van der Waals surface area contributed by atoms with E-state index >= 15 is 0 Å². The zero-order valence-electron chi connectivity index (χ0n) is 13.3. The van der Waals surface area contributed by atoms with Crippen LogP contribution in [0.15, 0.2) is 61.1 Å². The predicted octanol–water partition coefficient (Wildman–Crippen LogP) is 4.05. The Hall–Kier alpha value is -2.10. The van der Waals surface area contributed by atoms with Gasteiger partial charge in [-0.15, -0.1) is 12.4 Å². The molecule has 2 aromatic carbocycles. The molecule has 0 fully saturated rings. The molecule has 1 heterocycles. The molecule has 1 atom stereocenters. The summed E-state index contributed by atoms with van der Waals surface area (Å²) in [7, 11) is 0. The molecule has 23 heavy (non-hydrogen) atoms. The van der Waals surface area contributed by atoms with Crippen molar-refractivity contribution in [3.8, 4) is 0 Å². The maximum Gasteiger partial charge on any atom is 0.121 e. The minimum atomic E-state index is -0.661. The van der Waals surface area contributed by atoms with Gasteiger partial charge in [0.25, 0.3) is 0 Å². The van der Waals surface area contributed by atoms with E-state index in [1.807, 2.05) is 41.8 Å². The van der Waals surface area contributed by atoms with Crippen molar-refractivity contribution in [2.24, 2.45) is 0 Å². The molecule has 120 valence electrons. The summed E-state index contributed by atoms with van der Waals surface area (Å²) in [6, 6.07) is 16.2. The van der Waals surface area contributed by atoms with E-state index in [2.05, 4.69) is 30.1 Å². The molecular formula is C19H21ClN2O. The Balaban J connectivity index is 0.00000192. The van der Waals surface area contributed by atoms with Crippen molar-refractivity contribution in [1.82, 2.24) is 9.55 Å². The van der Waals surface area contributed by atoms with Crippen molar-refractivity contribution in [3.63, 3.8) is 0 Å². The molecule has 0 aliphatic carbocycles. The number of aromatic nitrogens is 2. The van der Waals surface area contributed by atoms with E-state index in [1.54, 1.807) is 12.5 Å². The lowest BCUT2D eigenvalue weighted by molar-refractivity contribution is 0.209. The first-order valence-corrected chi connectivity index (χ1v) is 7.45. The second-order valence-corrected chi connectivity index (χ2v) is 5.62. The zero-order valence-corrected chi connectivity index (χ0v) is 14.1. The second kappa shape index (κ2) is 7.44. The van der Waals surface area contributed by atoms with Crippen molar-refractivity contribution in [2.45, 2.75) is 26.5 Å². The summed E-state index contributed by atoms with van der Waals surface area (Å²) in [4.78, 5) is 4.22. The number of aryl methyl sites for hydroxylation is 1. The summed E-state index contributed by atoms with van der Waals surface area (Å²) in [5, 5.41) is 10.8. The predicted molar refractivity (Wildman–Crippen MR) is 95.0 cm³/mol. The van der Waals surface area contributed by atoms with E-state index in [0.29, 0.717) is 6.54 Å². The van der Waals surface area contributed by atoms with Crippen LogP contribution < -0.4 is 0 Å². The Labute approximate surface area is 143 Å². The van der Waals surface area contributed by atoms with Gasteiger partial charge in [-0.05, 0) is 36.1 Å². The van der Waals surface area contributed by atoms with Crippen LogP contribution in [-0.2, 0) is 6.54 Å². The van der Waals surface area contributed by atoms with Crippen molar-refractivity contribution in [2.75, 3.05) is 0 Å². The van der Waals surface area contributed by atoms with Gasteiger partial charge in [0, 0.05) is 6.54 Å². The van der Waals surface area contributed by atoms with Gasteiger partial charge < -0.3 is 9.67 Å². The number of nitrogens with zero attached hydrogens (tertiary/aromatic N) is 2. The first kappa shape index (κ1) is 17.3. The highest BCUT2D eigenvalue weighted by molar-refractivity contribution is 5.85. The molecule has 1 unspecified atom stereocenters. The SMILES string of the molecule is Cc1cccc(C(O)c2cncn2Cc2ccccc2)c1C.Cl. The fourth-order valence-corrected chi connectivity index (χ4v) is 2.70. The third kappa shape index (κ3) is 3.63. The number of halogens is 1. The van der Waals surface area contributed by atoms with Crippen molar-refractivity contribution >= 4 is 12.4 Å². The molecule has 0 saturated carbocycles. The number of hydrogen-bond acceptors (Lipinski definition) is 2. The molecule has 0 aliphatic heterocycles. The standard InChI is InChI=1S/C19H20N2O.ClH/c1-14-7-6-10-17(15(14)2)19(22)18-11-20-13-21(18)12-16-8-4-3-5-9-16;/h3-11,13,19,22H,12H2,1-2H3;1H. The first-order valence-electron chi connectivity index (χ1n) is 7.45. The van der Waals surface area contributed by atoms with Crippen LogP contribution in [0, 0.1) is 13.8 Å². The Kier molecular flexibility index (Phi) is 5.59. The van der Waals surface area contributed by atoms with Gasteiger partial charge in [0.1, 0.15) is 6.10 Å². The second-order valence-electron chi connectivity index (χ2n) is 5.62. The number of benzene rings is 2. The molecule has 0 saturated heterocycles. The van der Waals surface area contributed by atoms with Crippen molar-refractivity contribution in [1.29, 1.82) is 0 Å². The molecule has 3 nitrogen and oxygen atoms in total. The molecule has 1 N–H and O–H groups in total. The summed E-state index contributed by atoms with van der Waals surface area (Å²) in [6.45, 7) is 4.82. The van der Waals surface area contributed by atoms with E-state index in [1.165, 1.54) is 11.1 Å².